The van der Waals surface area contributed by atoms with Gasteiger partial charge in [0.2, 0.25) is 0 Å². The van der Waals surface area contributed by atoms with Crippen LogP contribution in [-0.2, 0) is 27.9 Å². The van der Waals surface area contributed by atoms with Crippen LogP contribution >= 0.6 is 7.82 Å². The van der Waals surface area contributed by atoms with Gasteiger partial charge in [-0.25, -0.2) is 0 Å². The number of nitrogens with zero attached hydrogens (tertiary/aromatic N) is 1. The average molecular weight is 748 g/mol. The summed E-state index contributed by atoms with van der Waals surface area (Å²) in [7, 11) is 1.37. The van der Waals surface area contributed by atoms with Crippen molar-refractivity contribution in [2.45, 2.75) is 213 Å². The highest BCUT2D eigenvalue weighted by Crippen LogP contribution is 2.38. The number of phosphoric ester groups is 1. The summed E-state index contributed by atoms with van der Waals surface area (Å²) in [5.74, 6) is -0.329. The molecule has 2 atom stereocenters. The minimum absolute atomic E-state index is 0.0313. The first-order valence-corrected chi connectivity index (χ1v) is 23.2. The molecule has 0 heterocycles. The number of carbonyl (C=O) groups excluding carboxylic acids is 1. The summed E-state index contributed by atoms with van der Waals surface area (Å²) in [6.07, 6.45) is 36.7. The molecule has 0 radical (unpaired) electrons. The molecule has 8 nitrogen and oxygen atoms in total. The molecule has 0 aliphatic rings. The van der Waals surface area contributed by atoms with Gasteiger partial charge in [0, 0.05) is 13.0 Å². The fraction of sp³-hybridized carbons (Fsp3) is 0.976. The molecule has 0 saturated carbocycles. The quantitative estimate of drug-likeness (QED) is 0.0266. The van der Waals surface area contributed by atoms with Crippen molar-refractivity contribution in [3.8, 4) is 0 Å². The van der Waals surface area contributed by atoms with Gasteiger partial charge in [-0.3, -0.25) is 9.36 Å². The van der Waals surface area contributed by atoms with Gasteiger partial charge < -0.3 is 27.9 Å². The van der Waals surface area contributed by atoms with Crippen LogP contribution in [0.2, 0.25) is 0 Å². The van der Waals surface area contributed by atoms with E-state index in [0.717, 1.165) is 32.1 Å². The number of hydrogen-bond donors (Lipinski definition) is 0. The SMILES string of the molecule is CCCCCCCCCCCCCCCCCC(=O)O[C@H](COCCCCCCCCCCCCCCCC)COP(=O)([O-])OCC[N+](C)(C)C. The van der Waals surface area contributed by atoms with Gasteiger partial charge in [-0.2, -0.15) is 0 Å². The number of quaternary nitrogens is 1. The van der Waals surface area contributed by atoms with Gasteiger partial charge in [-0.1, -0.05) is 187 Å². The van der Waals surface area contributed by atoms with Gasteiger partial charge in [0.15, 0.2) is 0 Å². The molecule has 0 aromatic heterocycles. The maximum Gasteiger partial charge on any atom is 0.306 e. The molecule has 0 spiro atoms. The number of phosphoric acid groups is 1. The zero-order chi connectivity index (χ0) is 37.7. The molecule has 306 valence electrons. The summed E-state index contributed by atoms with van der Waals surface area (Å²) in [4.78, 5) is 25.0. The third-order valence-electron chi connectivity index (χ3n) is 9.66. The van der Waals surface area contributed by atoms with Crippen LogP contribution in [0, 0.1) is 0 Å². The number of ether oxygens (including phenoxy) is 2. The number of likely N-dealkylation sites (N-methyl/N-ethyl adjacent to an activating group) is 1. The van der Waals surface area contributed by atoms with Crippen LogP contribution in [0.3, 0.4) is 0 Å². The zero-order valence-electron chi connectivity index (χ0n) is 34.6. The average Bonchev–Trinajstić information content (AvgIpc) is 3.08. The van der Waals surface area contributed by atoms with Crippen molar-refractivity contribution in [1.82, 2.24) is 0 Å². The topological polar surface area (TPSA) is 94.1 Å². The second kappa shape index (κ2) is 36.5. The van der Waals surface area contributed by atoms with Crippen molar-refractivity contribution < 1.29 is 37.3 Å². The Labute approximate surface area is 317 Å². The zero-order valence-corrected chi connectivity index (χ0v) is 35.5. The van der Waals surface area contributed by atoms with E-state index < -0.39 is 13.9 Å². The van der Waals surface area contributed by atoms with Crippen molar-refractivity contribution in [1.29, 1.82) is 0 Å². The number of unbranched alkanes of at least 4 members (excludes halogenated alkanes) is 27. The fourth-order valence-corrected chi connectivity index (χ4v) is 6.98. The molecule has 0 bridgehead atoms. The summed E-state index contributed by atoms with van der Waals surface area (Å²) in [5, 5.41) is 0. The third kappa shape index (κ3) is 40.5. The first-order valence-electron chi connectivity index (χ1n) is 21.8. The Morgan fingerprint density at radius 1 is 0.529 bits per heavy atom. The lowest BCUT2D eigenvalue weighted by molar-refractivity contribution is -0.870. The van der Waals surface area contributed by atoms with E-state index in [4.69, 9.17) is 18.5 Å². The van der Waals surface area contributed by atoms with Crippen molar-refractivity contribution in [3.05, 3.63) is 0 Å². The van der Waals surface area contributed by atoms with Crippen molar-refractivity contribution in [3.63, 3.8) is 0 Å². The molecule has 1 unspecified atom stereocenters. The van der Waals surface area contributed by atoms with Gasteiger partial charge in [-0.15, -0.1) is 0 Å². The monoisotopic (exact) mass is 748 g/mol. The number of carbonyl (C=O) groups is 1. The molecule has 0 saturated heterocycles. The van der Waals surface area contributed by atoms with Gasteiger partial charge in [0.05, 0.1) is 34.4 Å². The number of esters is 1. The highest BCUT2D eigenvalue weighted by Gasteiger charge is 2.20. The largest absolute Gasteiger partial charge is 0.756 e. The summed E-state index contributed by atoms with van der Waals surface area (Å²) >= 11 is 0. The van der Waals surface area contributed by atoms with E-state index in [-0.39, 0.29) is 25.8 Å². The lowest BCUT2D eigenvalue weighted by Gasteiger charge is -2.28. The highest BCUT2D eigenvalue weighted by atomic mass is 31.2. The molecule has 0 rings (SSSR count). The van der Waals surface area contributed by atoms with E-state index in [1.165, 1.54) is 154 Å². The Morgan fingerprint density at radius 3 is 1.29 bits per heavy atom. The normalized spacial score (nSPS) is 13.8. The van der Waals surface area contributed by atoms with Gasteiger partial charge in [-0.05, 0) is 12.8 Å². The first-order chi connectivity index (χ1) is 24.6. The second-order valence-corrected chi connectivity index (χ2v) is 17.5. The third-order valence-corrected chi connectivity index (χ3v) is 10.6. The lowest BCUT2D eigenvalue weighted by atomic mass is 10.0. The minimum Gasteiger partial charge on any atom is -0.756 e. The van der Waals surface area contributed by atoms with E-state index in [1.54, 1.807) is 0 Å². The number of rotatable bonds is 41. The van der Waals surface area contributed by atoms with Gasteiger partial charge in [0.25, 0.3) is 7.82 Å². The predicted octanol–water partition coefficient (Wildman–Crippen LogP) is 11.9. The van der Waals surface area contributed by atoms with Gasteiger partial charge >= 0.3 is 5.97 Å². The van der Waals surface area contributed by atoms with Gasteiger partial charge in [0.1, 0.15) is 19.3 Å². The molecule has 0 aromatic carbocycles. The molecule has 0 fully saturated rings. The fourth-order valence-electron chi connectivity index (χ4n) is 6.25. The Hall–Kier alpha value is -0.500. The molecule has 51 heavy (non-hydrogen) atoms. The Bertz CT molecular complexity index is 792. The predicted molar refractivity (Wildman–Crippen MR) is 213 cm³/mol. The molecular weight excluding hydrogens is 661 g/mol. The molecule has 9 heteroatoms. The van der Waals surface area contributed by atoms with Crippen LogP contribution in [0.15, 0.2) is 0 Å². The summed E-state index contributed by atoms with van der Waals surface area (Å²) in [5.41, 5.74) is 0. The minimum atomic E-state index is -4.51. The van der Waals surface area contributed by atoms with Crippen LogP contribution in [0.4, 0.5) is 0 Å². The smallest absolute Gasteiger partial charge is 0.306 e. The van der Waals surface area contributed by atoms with Crippen LogP contribution in [0.1, 0.15) is 206 Å². The highest BCUT2D eigenvalue weighted by molar-refractivity contribution is 7.45. The van der Waals surface area contributed by atoms with Crippen LogP contribution in [0.5, 0.6) is 0 Å². The van der Waals surface area contributed by atoms with Crippen LogP contribution < -0.4 is 4.89 Å². The Balaban J connectivity index is 4.20. The van der Waals surface area contributed by atoms with Crippen LogP contribution in [0.25, 0.3) is 0 Å². The molecular formula is C42H86NO7P. The van der Waals surface area contributed by atoms with E-state index in [0.29, 0.717) is 24.1 Å². The Morgan fingerprint density at radius 2 is 0.902 bits per heavy atom. The maximum absolute atomic E-state index is 12.7. The molecule has 0 aromatic rings. The molecule has 0 amide bonds. The lowest BCUT2D eigenvalue weighted by Crippen LogP contribution is -2.37. The van der Waals surface area contributed by atoms with E-state index in [2.05, 4.69) is 13.8 Å². The van der Waals surface area contributed by atoms with E-state index in [1.807, 2.05) is 21.1 Å². The summed E-state index contributed by atoms with van der Waals surface area (Å²) in [6.45, 7) is 5.46. The summed E-state index contributed by atoms with van der Waals surface area (Å²) < 4.78 is 34.6. The second-order valence-electron chi connectivity index (χ2n) is 16.1. The molecule has 0 N–H and O–H groups in total. The molecule has 0 aliphatic carbocycles. The standard InChI is InChI=1S/C42H86NO7P/c1-6-8-10-12-14-16-18-20-22-23-25-27-29-31-33-35-42(44)50-41(40-49-51(45,46)48-38-36-43(3,4)5)39-47-37-34-32-30-28-26-24-21-19-17-15-13-11-9-7-2/h41H,6-40H2,1-5H3/t41-/m1/s1. The van der Waals surface area contributed by atoms with Crippen molar-refractivity contribution >= 4 is 13.8 Å². The summed E-state index contributed by atoms with van der Waals surface area (Å²) in [6, 6.07) is 0. The Kier molecular flexibility index (Phi) is 36.1. The first kappa shape index (κ1) is 50.5. The van der Waals surface area contributed by atoms with E-state index in [9.17, 15) is 14.3 Å². The maximum atomic E-state index is 12.7. The molecule has 0 aliphatic heterocycles. The number of hydrogen-bond acceptors (Lipinski definition) is 7. The van der Waals surface area contributed by atoms with Crippen LogP contribution in [-0.4, -0.2) is 70.7 Å². The van der Waals surface area contributed by atoms with Crippen molar-refractivity contribution in [2.75, 3.05) is 54.1 Å². The van der Waals surface area contributed by atoms with Crippen molar-refractivity contribution in [2.24, 2.45) is 0 Å². The van der Waals surface area contributed by atoms with E-state index >= 15 is 0 Å².